The van der Waals surface area contributed by atoms with Crippen molar-refractivity contribution in [1.82, 2.24) is 0 Å². The molecule has 0 radical (unpaired) electrons. The van der Waals surface area contributed by atoms with Crippen molar-refractivity contribution in [3.63, 3.8) is 0 Å². The van der Waals surface area contributed by atoms with Gasteiger partial charge in [-0.2, -0.15) is 11.8 Å². The Labute approximate surface area is 130 Å². The van der Waals surface area contributed by atoms with E-state index in [4.69, 9.17) is 0 Å². The first-order valence-electron chi connectivity index (χ1n) is 8.16. The minimum atomic E-state index is 1.15. The molecule has 0 bridgehead atoms. The van der Waals surface area contributed by atoms with Gasteiger partial charge in [0.1, 0.15) is 0 Å². The summed E-state index contributed by atoms with van der Waals surface area (Å²) in [5.41, 5.74) is 2.64. The Balaban J connectivity index is 1.92. The lowest BCUT2D eigenvalue weighted by molar-refractivity contribution is 0.586. The summed E-state index contributed by atoms with van der Waals surface area (Å²) in [5.74, 6) is 2.45. The Hall–Kier alpha value is -0.690. The second-order valence-electron chi connectivity index (χ2n) is 5.47. The molecule has 20 heavy (non-hydrogen) atoms. The molecular formula is C19H30S. The van der Waals surface area contributed by atoms with Crippen LogP contribution in [0.15, 0.2) is 30.8 Å². The monoisotopic (exact) mass is 290 g/mol. The first-order chi connectivity index (χ1) is 9.86. The summed E-state index contributed by atoms with van der Waals surface area (Å²) in [6, 6.07) is 8.74. The molecule has 0 aromatic heterocycles. The van der Waals surface area contributed by atoms with Gasteiger partial charge in [-0.05, 0) is 23.3 Å². The summed E-state index contributed by atoms with van der Waals surface area (Å²) in [5, 5.41) is 0. The van der Waals surface area contributed by atoms with Crippen LogP contribution in [0.4, 0.5) is 0 Å². The first kappa shape index (κ1) is 17.4. The van der Waals surface area contributed by atoms with E-state index in [1.807, 2.05) is 6.08 Å². The molecule has 0 atom stereocenters. The molecule has 0 aliphatic heterocycles. The second kappa shape index (κ2) is 12.1. The highest BCUT2D eigenvalue weighted by Crippen LogP contribution is 2.16. The van der Waals surface area contributed by atoms with Gasteiger partial charge in [-0.15, -0.1) is 0 Å². The molecule has 1 rings (SSSR count). The maximum absolute atomic E-state index is 3.78. The van der Waals surface area contributed by atoms with E-state index >= 15 is 0 Å². The number of thioether (sulfide) groups is 1. The van der Waals surface area contributed by atoms with Crippen LogP contribution in [0.1, 0.15) is 69.4 Å². The lowest BCUT2D eigenvalue weighted by atomic mass is 10.1. The van der Waals surface area contributed by atoms with Crippen molar-refractivity contribution in [1.29, 1.82) is 0 Å². The predicted molar refractivity (Wildman–Crippen MR) is 95.3 cm³/mol. The molecule has 1 aromatic carbocycles. The van der Waals surface area contributed by atoms with Crippen LogP contribution in [0.5, 0.6) is 0 Å². The van der Waals surface area contributed by atoms with Crippen LogP contribution in [-0.2, 0) is 5.75 Å². The van der Waals surface area contributed by atoms with Crippen molar-refractivity contribution in [2.45, 2.75) is 64.0 Å². The van der Waals surface area contributed by atoms with E-state index in [-0.39, 0.29) is 0 Å². The molecule has 0 amide bonds. The van der Waals surface area contributed by atoms with Gasteiger partial charge in [0.2, 0.25) is 0 Å². The Kier molecular flexibility index (Phi) is 10.5. The summed E-state index contributed by atoms with van der Waals surface area (Å²) in [4.78, 5) is 0. The smallest absolute Gasteiger partial charge is 0.0184 e. The highest BCUT2D eigenvalue weighted by atomic mass is 32.2. The highest BCUT2D eigenvalue weighted by molar-refractivity contribution is 7.98. The second-order valence-corrected chi connectivity index (χ2v) is 6.58. The zero-order chi connectivity index (χ0) is 14.5. The zero-order valence-corrected chi connectivity index (χ0v) is 13.9. The Morgan fingerprint density at radius 1 is 0.900 bits per heavy atom. The largest absolute Gasteiger partial charge is 0.157 e. The summed E-state index contributed by atoms with van der Waals surface area (Å²) in [6.45, 7) is 6.06. The van der Waals surface area contributed by atoms with E-state index < -0.39 is 0 Å². The number of hydrogen-bond acceptors (Lipinski definition) is 1. The standard InChI is InChI=1S/C19H30S/c1-3-5-6-7-8-9-10-11-16-20-17-19-14-12-18(4-2)13-15-19/h4,12-15H,2-3,5-11,16-17H2,1H3. The van der Waals surface area contributed by atoms with E-state index in [0.717, 1.165) is 5.75 Å². The number of unbranched alkanes of at least 4 members (excludes halogenated alkanes) is 7. The van der Waals surface area contributed by atoms with Gasteiger partial charge in [0, 0.05) is 5.75 Å². The van der Waals surface area contributed by atoms with Gasteiger partial charge < -0.3 is 0 Å². The molecule has 112 valence electrons. The van der Waals surface area contributed by atoms with E-state index in [2.05, 4.69) is 49.5 Å². The quantitative estimate of drug-likeness (QED) is 0.386. The summed E-state index contributed by atoms with van der Waals surface area (Å²) in [7, 11) is 0. The summed E-state index contributed by atoms with van der Waals surface area (Å²) in [6.07, 6.45) is 13.2. The van der Waals surface area contributed by atoms with Gasteiger partial charge in [-0.25, -0.2) is 0 Å². The summed E-state index contributed by atoms with van der Waals surface area (Å²) < 4.78 is 0. The molecule has 0 heterocycles. The summed E-state index contributed by atoms with van der Waals surface area (Å²) >= 11 is 2.07. The molecule has 1 heteroatoms. The van der Waals surface area contributed by atoms with Crippen LogP contribution >= 0.6 is 11.8 Å². The fourth-order valence-electron chi connectivity index (χ4n) is 2.28. The number of benzene rings is 1. The van der Waals surface area contributed by atoms with Crippen LogP contribution in [0, 0.1) is 0 Å². The molecule has 0 aliphatic carbocycles. The van der Waals surface area contributed by atoms with Gasteiger partial charge in [-0.1, -0.05) is 88.8 Å². The zero-order valence-electron chi connectivity index (χ0n) is 13.1. The number of hydrogen-bond donors (Lipinski definition) is 0. The van der Waals surface area contributed by atoms with Crippen LogP contribution in [0.2, 0.25) is 0 Å². The molecule has 0 saturated heterocycles. The molecule has 0 saturated carbocycles. The van der Waals surface area contributed by atoms with Gasteiger partial charge in [-0.3, -0.25) is 0 Å². The van der Waals surface area contributed by atoms with Crippen molar-refractivity contribution < 1.29 is 0 Å². The molecule has 0 N–H and O–H groups in total. The van der Waals surface area contributed by atoms with E-state index in [1.165, 1.54) is 68.2 Å². The Morgan fingerprint density at radius 2 is 1.50 bits per heavy atom. The van der Waals surface area contributed by atoms with Crippen molar-refractivity contribution in [3.05, 3.63) is 42.0 Å². The van der Waals surface area contributed by atoms with Crippen molar-refractivity contribution in [2.24, 2.45) is 0 Å². The molecule has 0 aliphatic rings. The third-order valence-electron chi connectivity index (χ3n) is 3.63. The van der Waals surface area contributed by atoms with Gasteiger partial charge in [0.15, 0.2) is 0 Å². The normalized spacial score (nSPS) is 10.7. The Bertz CT molecular complexity index is 339. The van der Waals surface area contributed by atoms with E-state index in [0.29, 0.717) is 0 Å². The van der Waals surface area contributed by atoms with Crippen molar-refractivity contribution >= 4 is 17.8 Å². The maximum Gasteiger partial charge on any atom is 0.0184 e. The van der Waals surface area contributed by atoms with Crippen LogP contribution in [0.25, 0.3) is 6.08 Å². The third-order valence-corrected chi connectivity index (χ3v) is 4.74. The molecular weight excluding hydrogens is 260 g/mol. The minimum Gasteiger partial charge on any atom is -0.157 e. The lowest BCUT2D eigenvalue weighted by Crippen LogP contribution is -1.86. The molecule has 0 fully saturated rings. The molecule has 0 nitrogen and oxygen atoms in total. The van der Waals surface area contributed by atoms with Crippen LogP contribution in [-0.4, -0.2) is 5.75 Å². The molecule has 0 spiro atoms. The van der Waals surface area contributed by atoms with Gasteiger partial charge in [0.05, 0.1) is 0 Å². The average Bonchev–Trinajstić information content (AvgIpc) is 2.50. The van der Waals surface area contributed by atoms with Gasteiger partial charge >= 0.3 is 0 Å². The van der Waals surface area contributed by atoms with Crippen LogP contribution in [0.3, 0.4) is 0 Å². The average molecular weight is 291 g/mol. The molecule has 1 aromatic rings. The van der Waals surface area contributed by atoms with Crippen molar-refractivity contribution in [3.8, 4) is 0 Å². The highest BCUT2D eigenvalue weighted by Gasteiger charge is 1.95. The van der Waals surface area contributed by atoms with E-state index in [9.17, 15) is 0 Å². The minimum absolute atomic E-state index is 1.15. The van der Waals surface area contributed by atoms with E-state index in [1.54, 1.807) is 0 Å². The lowest BCUT2D eigenvalue weighted by Gasteiger charge is -2.03. The maximum atomic E-state index is 3.78. The Morgan fingerprint density at radius 3 is 2.10 bits per heavy atom. The van der Waals surface area contributed by atoms with Crippen molar-refractivity contribution in [2.75, 3.05) is 5.75 Å². The number of rotatable bonds is 12. The predicted octanol–water partition coefficient (Wildman–Crippen LogP) is 6.70. The fraction of sp³-hybridized carbons (Fsp3) is 0.579. The first-order valence-corrected chi connectivity index (χ1v) is 9.31. The molecule has 0 unspecified atom stereocenters. The third kappa shape index (κ3) is 8.47. The topological polar surface area (TPSA) is 0 Å². The van der Waals surface area contributed by atoms with Gasteiger partial charge in [0.25, 0.3) is 0 Å². The SMILES string of the molecule is C=Cc1ccc(CSCCCCCCCCCC)cc1. The fourth-order valence-corrected chi connectivity index (χ4v) is 3.26. The van der Waals surface area contributed by atoms with Crippen LogP contribution < -0.4 is 0 Å².